The van der Waals surface area contributed by atoms with Gasteiger partial charge in [0.2, 0.25) is 0 Å². The van der Waals surface area contributed by atoms with Gasteiger partial charge >= 0.3 is 5.97 Å². The molecule has 4 rings (SSSR count). The SMILES string of the molecule is CCCCCCCCCCCCCCCCOC[C@H](CO[C@@H]1O[C@H](COCc2ccccc2)[C@H](OCc2ccccc2)[C@H](CS(=O)(=O)O)[C@H]1OCc1ccccc1)OC(=O)CCCCCCCCCCCCCCC. The lowest BCUT2D eigenvalue weighted by atomic mass is 9.90. The normalized spacial score (nSPS) is 18.3. The Morgan fingerprint density at radius 2 is 0.920 bits per heavy atom. The summed E-state index contributed by atoms with van der Waals surface area (Å²) in [6.07, 6.45) is 29.2. The first-order valence-electron chi connectivity index (χ1n) is 29.7. The Kier molecular flexibility index (Phi) is 35.9. The van der Waals surface area contributed by atoms with Gasteiger partial charge in [0.25, 0.3) is 10.1 Å². The zero-order valence-electron chi connectivity index (χ0n) is 46.5. The van der Waals surface area contributed by atoms with E-state index in [4.69, 9.17) is 33.2 Å². The van der Waals surface area contributed by atoms with E-state index in [-0.39, 0.29) is 45.6 Å². The number of carbonyl (C=O) groups excluding carboxylic acids is 1. The molecule has 0 aliphatic carbocycles. The van der Waals surface area contributed by atoms with Crippen molar-refractivity contribution in [3.63, 3.8) is 0 Å². The van der Waals surface area contributed by atoms with Crippen molar-refractivity contribution in [2.24, 2.45) is 5.92 Å². The summed E-state index contributed by atoms with van der Waals surface area (Å²) >= 11 is 0. The fourth-order valence-corrected chi connectivity index (χ4v) is 10.9. The van der Waals surface area contributed by atoms with Gasteiger partial charge < -0.3 is 33.2 Å². The first-order valence-corrected chi connectivity index (χ1v) is 31.3. The number of hydrogen-bond acceptors (Lipinski definition) is 10. The molecule has 424 valence electrons. The highest BCUT2D eigenvalue weighted by molar-refractivity contribution is 7.85. The molecule has 1 fully saturated rings. The third-order valence-corrected chi connectivity index (χ3v) is 15.1. The molecule has 1 N–H and O–H groups in total. The Morgan fingerprint density at radius 3 is 1.37 bits per heavy atom. The summed E-state index contributed by atoms with van der Waals surface area (Å²) in [5, 5.41) is 0. The maximum atomic E-state index is 13.5. The number of unbranched alkanes of at least 4 members (excludes halogenated alkanes) is 25. The van der Waals surface area contributed by atoms with E-state index in [2.05, 4.69) is 13.8 Å². The number of carbonyl (C=O) groups is 1. The van der Waals surface area contributed by atoms with E-state index in [0.29, 0.717) is 13.0 Å². The molecule has 75 heavy (non-hydrogen) atoms. The number of ether oxygens (including phenoxy) is 7. The molecule has 0 saturated carbocycles. The Labute approximate surface area is 455 Å². The molecule has 1 aliphatic rings. The van der Waals surface area contributed by atoms with Crippen LogP contribution in [0.25, 0.3) is 0 Å². The van der Waals surface area contributed by atoms with Crippen molar-refractivity contribution in [3.05, 3.63) is 108 Å². The molecule has 0 radical (unpaired) electrons. The average Bonchev–Trinajstić information content (AvgIpc) is 3.41. The predicted octanol–water partition coefficient (Wildman–Crippen LogP) is 15.5. The van der Waals surface area contributed by atoms with Gasteiger partial charge in [0.15, 0.2) is 6.29 Å². The van der Waals surface area contributed by atoms with E-state index >= 15 is 0 Å². The highest BCUT2D eigenvalue weighted by Gasteiger charge is 2.50. The van der Waals surface area contributed by atoms with Crippen LogP contribution in [-0.2, 0) is 67.9 Å². The first kappa shape index (κ1) is 64.3. The van der Waals surface area contributed by atoms with E-state index in [1.54, 1.807) is 0 Å². The lowest BCUT2D eigenvalue weighted by Gasteiger charge is -2.46. The average molecular weight is 1070 g/mol. The topological polar surface area (TPSA) is 136 Å². The van der Waals surface area contributed by atoms with Crippen molar-refractivity contribution in [2.75, 3.05) is 32.2 Å². The number of hydrogen-bond donors (Lipinski definition) is 1. The molecule has 0 spiro atoms. The minimum Gasteiger partial charge on any atom is -0.457 e. The second-order valence-electron chi connectivity index (χ2n) is 21.1. The van der Waals surface area contributed by atoms with Gasteiger partial charge in [-0.25, -0.2) is 0 Å². The van der Waals surface area contributed by atoms with Gasteiger partial charge in [0.1, 0.15) is 18.3 Å². The molecule has 3 aromatic carbocycles. The lowest BCUT2D eigenvalue weighted by molar-refractivity contribution is -0.311. The second kappa shape index (κ2) is 41.8. The quantitative estimate of drug-likeness (QED) is 0.0329. The second-order valence-corrected chi connectivity index (χ2v) is 22.6. The molecule has 11 nitrogen and oxygen atoms in total. The van der Waals surface area contributed by atoms with Crippen LogP contribution in [0.1, 0.15) is 210 Å². The van der Waals surface area contributed by atoms with Gasteiger partial charge in [-0.2, -0.15) is 8.42 Å². The van der Waals surface area contributed by atoms with E-state index in [1.807, 2.05) is 91.0 Å². The van der Waals surface area contributed by atoms with Crippen molar-refractivity contribution < 1.29 is 50.9 Å². The van der Waals surface area contributed by atoms with Crippen molar-refractivity contribution in [1.82, 2.24) is 0 Å². The molecular weight excluding hydrogens is 965 g/mol. The van der Waals surface area contributed by atoms with Gasteiger partial charge in [0.05, 0.1) is 51.5 Å². The van der Waals surface area contributed by atoms with Gasteiger partial charge in [-0.05, 0) is 29.5 Å². The van der Waals surface area contributed by atoms with Gasteiger partial charge in [-0.15, -0.1) is 0 Å². The van der Waals surface area contributed by atoms with Crippen LogP contribution < -0.4 is 0 Å². The Balaban J connectivity index is 1.41. The molecule has 6 atom stereocenters. The molecule has 0 bridgehead atoms. The summed E-state index contributed by atoms with van der Waals surface area (Å²) in [5.41, 5.74) is 2.69. The largest absolute Gasteiger partial charge is 0.457 e. The van der Waals surface area contributed by atoms with Crippen molar-refractivity contribution in [3.8, 4) is 0 Å². The molecule has 1 saturated heterocycles. The third-order valence-electron chi connectivity index (χ3n) is 14.3. The summed E-state index contributed by atoms with van der Waals surface area (Å²) in [6.45, 7) is 5.67. The van der Waals surface area contributed by atoms with E-state index in [1.165, 1.54) is 141 Å². The molecular formula is C63H100O11S. The molecule has 3 aromatic rings. The molecule has 0 aromatic heterocycles. The van der Waals surface area contributed by atoms with Crippen LogP contribution in [0.4, 0.5) is 0 Å². The summed E-state index contributed by atoms with van der Waals surface area (Å²) in [6, 6.07) is 28.9. The highest BCUT2D eigenvalue weighted by Crippen LogP contribution is 2.34. The van der Waals surface area contributed by atoms with Crippen LogP contribution in [0.5, 0.6) is 0 Å². The number of rotatable bonds is 47. The van der Waals surface area contributed by atoms with Crippen molar-refractivity contribution in [2.45, 2.75) is 244 Å². The van der Waals surface area contributed by atoms with Crippen molar-refractivity contribution >= 4 is 16.1 Å². The fraction of sp³-hybridized carbons (Fsp3) is 0.698. The van der Waals surface area contributed by atoms with E-state index in [9.17, 15) is 17.8 Å². The maximum absolute atomic E-state index is 13.5. The van der Waals surface area contributed by atoms with Gasteiger partial charge in [-0.3, -0.25) is 9.35 Å². The third kappa shape index (κ3) is 31.1. The van der Waals surface area contributed by atoms with Crippen molar-refractivity contribution in [1.29, 1.82) is 0 Å². The first-order chi connectivity index (χ1) is 36.8. The zero-order chi connectivity index (χ0) is 53.3. The summed E-state index contributed by atoms with van der Waals surface area (Å²) < 4.78 is 81.6. The van der Waals surface area contributed by atoms with Gasteiger partial charge in [-0.1, -0.05) is 265 Å². The fourth-order valence-electron chi connectivity index (χ4n) is 9.99. The number of esters is 1. The van der Waals surface area contributed by atoms with E-state index < -0.39 is 52.5 Å². The molecule has 1 aliphatic heterocycles. The Morgan fingerprint density at radius 1 is 0.507 bits per heavy atom. The molecule has 0 unspecified atom stereocenters. The standard InChI is InChI=1S/C63H100O11S/c1-3-5-7-9-11-13-15-17-19-21-23-25-27-38-46-68-50-57(73-60(64)45-37-26-24-22-20-18-16-14-12-10-8-6-4-2)51-72-63-62(71-49-56-43-35-30-36-44-56)58(53-75(65,66)67)61(70-48-55-41-33-29-34-42-55)59(74-63)52-69-47-54-39-31-28-32-40-54/h28-36,39-44,57-59,61-63H,3-27,37-38,45-53H2,1-2H3,(H,65,66,67)/t57-,58+,59-,61-,62-,63-/m1/s1. The maximum Gasteiger partial charge on any atom is 0.306 e. The van der Waals surface area contributed by atoms with Crippen LogP contribution in [0.15, 0.2) is 91.0 Å². The molecule has 12 heteroatoms. The highest BCUT2D eigenvalue weighted by atomic mass is 32.2. The van der Waals surface area contributed by atoms with E-state index in [0.717, 1.165) is 48.8 Å². The summed E-state index contributed by atoms with van der Waals surface area (Å²) in [7, 11) is -4.57. The van der Waals surface area contributed by atoms with Crippen LogP contribution in [-0.4, -0.2) is 81.8 Å². The molecule has 0 amide bonds. The Bertz CT molecular complexity index is 1900. The van der Waals surface area contributed by atoms with Crippen LogP contribution >= 0.6 is 0 Å². The van der Waals surface area contributed by atoms with Crippen LogP contribution in [0.3, 0.4) is 0 Å². The monoisotopic (exact) mass is 1060 g/mol. The van der Waals surface area contributed by atoms with Crippen LogP contribution in [0.2, 0.25) is 0 Å². The van der Waals surface area contributed by atoms with Crippen LogP contribution in [0, 0.1) is 5.92 Å². The minimum atomic E-state index is -4.57. The molecule has 1 heterocycles. The summed E-state index contributed by atoms with van der Waals surface area (Å²) in [5.74, 6) is -1.94. The summed E-state index contributed by atoms with van der Waals surface area (Å²) in [4.78, 5) is 13.5. The Hall–Kier alpha value is -3.20. The van der Waals surface area contributed by atoms with Gasteiger partial charge in [0, 0.05) is 18.9 Å². The zero-order valence-corrected chi connectivity index (χ0v) is 47.3. The predicted molar refractivity (Wildman–Crippen MR) is 302 cm³/mol. The smallest absolute Gasteiger partial charge is 0.306 e. The minimum absolute atomic E-state index is 0.0292. The number of benzene rings is 3. The lowest BCUT2D eigenvalue weighted by Crippen LogP contribution is -2.60.